The molecule has 1 rings (SSSR count). The smallest absolute Gasteiger partial charge is 0.229 e. The molecule has 0 fully saturated rings. The van der Waals surface area contributed by atoms with Gasteiger partial charge in [-0.15, -0.1) is 0 Å². The van der Waals surface area contributed by atoms with Crippen molar-refractivity contribution in [2.75, 3.05) is 43.5 Å². The van der Waals surface area contributed by atoms with Gasteiger partial charge in [0.2, 0.25) is 10.0 Å². The van der Waals surface area contributed by atoms with Crippen LogP contribution in [0, 0.1) is 0 Å². The van der Waals surface area contributed by atoms with Crippen molar-refractivity contribution in [3.63, 3.8) is 0 Å². The summed E-state index contributed by atoms with van der Waals surface area (Å²) < 4.78 is 24.5. The Morgan fingerprint density at radius 2 is 1.67 bits per heavy atom. The Hall–Kier alpha value is -1.27. The molecule has 0 saturated heterocycles. The maximum atomic E-state index is 11.0. The van der Waals surface area contributed by atoms with E-state index in [1.165, 1.54) is 0 Å². The second kappa shape index (κ2) is 6.61. The molecule has 102 valence electrons. The fraction of sp³-hybridized carbons (Fsp3) is 0.500. The van der Waals surface area contributed by atoms with E-state index in [9.17, 15) is 8.42 Å². The molecule has 0 amide bonds. The highest BCUT2D eigenvalue weighted by atomic mass is 32.2. The second-order valence-corrected chi connectivity index (χ2v) is 6.28. The van der Waals surface area contributed by atoms with Gasteiger partial charge in [-0.05, 0) is 51.3 Å². The van der Waals surface area contributed by atoms with E-state index < -0.39 is 10.0 Å². The highest BCUT2D eigenvalue weighted by molar-refractivity contribution is 7.92. The molecular formula is C12H21N3O2S. The third-order valence-corrected chi connectivity index (χ3v) is 2.91. The molecule has 0 aliphatic heterocycles. The first-order valence-corrected chi connectivity index (χ1v) is 7.72. The summed E-state index contributed by atoms with van der Waals surface area (Å²) in [5.74, 6) is 0. The van der Waals surface area contributed by atoms with Gasteiger partial charge in [-0.3, -0.25) is 4.72 Å². The average molecular weight is 271 g/mol. The van der Waals surface area contributed by atoms with Crippen LogP contribution in [0.1, 0.15) is 6.42 Å². The van der Waals surface area contributed by atoms with Crippen LogP contribution in [0.2, 0.25) is 0 Å². The van der Waals surface area contributed by atoms with Crippen LogP contribution in [0.3, 0.4) is 0 Å². The summed E-state index contributed by atoms with van der Waals surface area (Å²) in [6, 6.07) is 7.22. The van der Waals surface area contributed by atoms with E-state index in [1.807, 2.05) is 26.2 Å². The molecule has 0 radical (unpaired) electrons. The van der Waals surface area contributed by atoms with Gasteiger partial charge >= 0.3 is 0 Å². The van der Waals surface area contributed by atoms with Gasteiger partial charge in [-0.2, -0.15) is 0 Å². The highest BCUT2D eigenvalue weighted by Crippen LogP contribution is 2.14. The van der Waals surface area contributed by atoms with E-state index in [4.69, 9.17) is 0 Å². The number of sulfonamides is 1. The lowest BCUT2D eigenvalue weighted by Gasteiger charge is -2.11. The van der Waals surface area contributed by atoms with Crippen molar-refractivity contribution in [1.82, 2.24) is 4.90 Å². The summed E-state index contributed by atoms with van der Waals surface area (Å²) in [7, 11) is 0.898. The lowest BCUT2D eigenvalue weighted by Crippen LogP contribution is -2.16. The summed E-state index contributed by atoms with van der Waals surface area (Å²) in [6.45, 7) is 1.94. The van der Waals surface area contributed by atoms with Crippen molar-refractivity contribution in [2.24, 2.45) is 0 Å². The zero-order valence-corrected chi connectivity index (χ0v) is 11.9. The monoisotopic (exact) mass is 271 g/mol. The molecule has 0 spiro atoms. The van der Waals surface area contributed by atoms with Crippen molar-refractivity contribution in [2.45, 2.75) is 6.42 Å². The number of rotatable bonds is 7. The van der Waals surface area contributed by atoms with Crippen LogP contribution < -0.4 is 10.0 Å². The Kier molecular flexibility index (Phi) is 5.43. The summed E-state index contributed by atoms with van der Waals surface area (Å²) in [5.41, 5.74) is 1.57. The van der Waals surface area contributed by atoms with Gasteiger partial charge in [-0.1, -0.05) is 0 Å². The van der Waals surface area contributed by atoms with Crippen LogP contribution in [0.25, 0.3) is 0 Å². The van der Waals surface area contributed by atoms with Crippen LogP contribution in [-0.4, -0.2) is 46.8 Å². The molecule has 0 saturated carbocycles. The highest BCUT2D eigenvalue weighted by Gasteiger charge is 2.01. The third kappa shape index (κ3) is 6.46. The number of nitrogens with zero attached hydrogens (tertiary/aromatic N) is 1. The predicted molar refractivity (Wildman–Crippen MR) is 76.6 cm³/mol. The molecule has 0 atom stereocenters. The van der Waals surface area contributed by atoms with Gasteiger partial charge < -0.3 is 10.2 Å². The molecule has 1 aromatic carbocycles. The number of hydrogen-bond donors (Lipinski definition) is 2. The van der Waals surface area contributed by atoms with Crippen molar-refractivity contribution in [3.05, 3.63) is 24.3 Å². The number of benzene rings is 1. The molecule has 0 aliphatic carbocycles. The van der Waals surface area contributed by atoms with Gasteiger partial charge in [0.25, 0.3) is 0 Å². The second-order valence-electron chi connectivity index (χ2n) is 4.54. The zero-order valence-electron chi connectivity index (χ0n) is 11.1. The minimum absolute atomic E-state index is 0.580. The molecule has 5 nitrogen and oxygen atoms in total. The number of nitrogens with one attached hydrogen (secondary N) is 2. The normalized spacial score (nSPS) is 11.6. The number of anilines is 2. The Labute approximate surface area is 109 Å². The molecule has 0 aliphatic rings. The van der Waals surface area contributed by atoms with Crippen molar-refractivity contribution < 1.29 is 8.42 Å². The topological polar surface area (TPSA) is 61.4 Å². The predicted octanol–water partition coefficient (Wildman–Crippen LogP) is 1.42. The first-order valence-electron chi connectivity index (χ1n) is 5.83. The molecule has 0 bridgehead atoms. The minimum atomic E-state index is -3.20. The van der Waals surface area contributed by atoms with E-state index in [-0.39, 0.29) is 0 Å². The summed E-state index contributed by atoms with van der Waals surface area (Å²) in [6.07, 6.45) is 2.21. The van der Waals surface area contributed by atoms with Gasteiger partial charge in [0, 0.05) is 17.9 Å². The molecule has 6 heteroatoms. The largest absolute Gasteiger partial charge is 0.385 e. The van der Waals surface area contributed by atoms with Crippen LogP contribution in [0.5, 0.6) is 0 Å². The maximum Gasteiger partial charge on any atom is 0.229 e. The van der Waals surface area contributed by atoms with E-state index in [0.717, 1.165) is 31.5 Å². The molecule has 0 aromatic heterocycles. The Morgan fingerprint density at radius 3 is 2.17 bits per heavy atom. The Bertz CT molecular complexity index is 455. The average Bonchev–Trinajstić information content (AvgIpc) is 2.24. The lowest BCUT2D eigenvalue weighted by molar-refractivity contribution is 0.405. The molecule has 1 aromatic rings. The van der Waals surface area contributed by atoms with E-state index in [2.05, 4.69) is 14.9 Å². The fourth-order valence-electron chi connectivity index (χ4n) is 1.50. The SMILES string of the molecule is CN(C)CCCNc1ccc(NS(C)(=O)=O)cc1. The van der Waals surface area contributed by atoms with Gasteiger partial charge in [0.15, 0.2) is 0 Å². The van der Waals surface area contributed by atoms with Gasteiger partial charge in [-0.25, -0.2) is 8.42 Å². The Morgan fingerprint density at radius 1 is 1.11 bits per heavy atom. The quantitative estimate of drug-likeness (QED) is 0.736. The van der Waals surface area contributed by atoms with Crippen LogP contribution in [-0.2, 0) is 10.0 Å². The van der Waals surface area contributed by atoms with Crippen molar-refractivity contribution >= 4 is 21.4 Å². The van der Waals surface area contributed by atoms with Crippen molar-refractivity contribution in [3.8, 4) is 0 Å². The van der Waals surface area contributed by atoms with Crippen LogP contribution >= 0.6 is 0 Å². The van der Waals surface area contributed by atoms with Gasteiger partial charge in [0.1, 0.15) is 0 Å². The third-order valence-electron chi connectivity index (χ3n) is 2.30. The van der Waals surface area contributed by atoms with Crippen LogP contribution in [0.15, 0.2) is 24.3 Å². The van der Waals surface area contributed by atoms with E-state index in [0.29, 0.717) is 5.69 Å². The maximum absolute atomic E-state index is 11.0. The van der Waals surface area contributed by atoms with E-state index >= 15 is 0 Å². The molecular weight excluding hydrogens is 250 g/mol. The number of hydrogen-bond acceptors (Lipinski definition) is 4. The first-order chi connectivity index (χ1) is 8.37. The summed E-state index contributed by atoms with van der Waals surface area (Å²) in [5, 5.41) is 3.29. The van der Waals surface area contributed by atoms with E-state index in [1.54, 1.807) is 12.1 Å². The summed E-state index contributed by atoms with van der Waals surface area (Å²) in [4.78, 5) is 2.14. The van der Waals surface area contributed by atoms with Gasteiger partial charge in [0.05, 0.1) is 6.26 Å². The zero-order chi connectivity index (χ0) is 13.6. The molecule has 18 heavy (non-hydrogen) atoms. The first kappa shape index (κ1) is 14.8. The molecule has 0 heterocycles. The molecule has 0 unspecified atom stereocenters. The lowest BCUT2D eigenvalue weighted by atomic mass is 10.3. The Balaban J connectivity index is 2.41. The fourth-order valence-corrected chi connectivity index (χ4v) is 2.06. The minimum Gasteiger partial charge on any atom is -0.385 e. The molecule has 2 N–H and O–H groups in total. The van der Waals surface area contributed by atoms with Crippen molar-refractivity contribution in [1.29, 1.82) is 0 Å². The standard InChI is InChI=1S/C12H21N3O2S/c1-15(2)10-4-9-13-11-5-7-12(8-6-11)14-18(3,16)17/h5-8,13-14H,4,9-10H2,1-3H3. The summed E-state index contributed by atoms with van der Waals surface area (Å²) >= 11 is 0. The van der Waals surface area contributed by atoms with Crippen LogP contribution in [0.4, 0.5) is 11.4 Å².